The van der Waals surface area contributed by atoms with Crippen LogP contribution in [0.2, 0.25) is 0 Å². The monoisotopic (exact) mass is 254 g/mol. The maximum absolute atomic E-state index is 13.6. The molecule has 0 aliphatic heterocycles. The molecule has 0 saturated carbocycles. The molecule has 0 aliphatic carbocycles. The van der Waals surface area contributed by atoms with Crippen molar-refractivity contribution in [2.45, 2.75) is 6.54 Å². The van der Waals surface area contributed by atoms with Gasteiger partial charge in [-0.3, -0.25) is 4.98 Å². The molecule has 0 saturated heterocycles. The smallest absolute Gasteiger partial charge is 0.149 e. The Labute approximate surface area is 109 Å². The Morgan fingerprint density at radius 2 is 1.95 bits per heavy atom. The van der Waals surface area contributed by atoms with Gasteiger partial charge in [0.05, 0.1) is 12.2 Å². The van der Waals surface area contributed by atoms with Gasteiger partial charge in [0.1, 0.15) is 23.5 Å². The van der Waals surface area contributed by atoms with Gasteiger partial charge in [-0.2, -0.15) is 0 Å². The minimum atomic E-state index is -0.346. The quantitative estimate of drug-likeness (QED) is 0.780. The first-order valence-electron chi connectivity index (χ1n) is 5.87. The molecule has 0 fully saturated rings. The van der Waals surface area contributed by atoms with Crippen molar-refractivity contribution in [3.05, 3.63) is 60.4 Å². The van der Waals surface area contributed by atoms with Crippen molar-refractivity contribution in [2.24, 2.45) is 0 Å². The largest absolute Gasteiger partial charge is 0.364 e. The summed E-state index contributed by atoms with van der Waals surface area (Å²) in [6.07, 6.45) is 3.08. The van der Waals surface area contributed by atoms with Gasteiger partial charge in [-0.15, -0.1) is 0 Å². The molecule has 1 aromatic carbocycles. The first kappa shape index (κ1) is 11.5. The fourth-order valence-electron chi connectivity index (χ4n) is 1.87. The summed E-state index contributed by atoms with van der Waals surface area (Å²) in [6.45, 7) is 0.531. The highest BCUT2D eigenvalue weighted by Crippen LogP contribution is 2.21. The van der Waals surface area contributed by atoms with Gasteiger partial charge < -0.3 is 5.32 Å². The van der Waals surface area contributed by atoms with E-state index in [1.807, 2.05) is 18.2 Å². The molecule has 2 heterocycles. The zero-order chi connectivity index (χ0) is 13.1. The highest BCUT2D eigenvalue weighted by Gasteiger charge is 2.06. The van der Waals surface area contributed by atoms with E-state index in [2.05, 4.69) is 20.3 Å². The van der Waals surface area contributed by atoms with Gasteiger partial charge in [-0.1, -0.05) is 12.1 Å². The molecule has 4 nitrogen and oxygen atoms in total. The van der Waals surface area contributed by atoms with Crippen molar-refractivity contribution in [3.63, 3.8) is 0 Å². The maximum Gasteiger partial charge on any atom is 0.149 e. The molecule has 3 rings (SSSR count). The van der Waals surface area contributed by atoms with Gasteiger partial charge in [0.25, 0.3) is 0 Å². The SMILES string of the molecule is Fc1cccc2c(NCc3ccccn3)ncnc12. The van der Waals surface area contributed by atoms with Gasteiger partial charge in [-0.25, -0.2) is 14.4 Å². The van der Waals surface area contributed by atoms with Crippen molar-refractivity contribution in [2.75, 3.05) is 5.32 Å². The number of anilines is 1. The first-order chi connectivity index (χ1) is 9.34. The van der Waals surface area contributed by atoms with E-state index in [1.54, 1.807) is 18.3 Å². The summed E-state index contributed by atoms with van der Waals surface area (Å²) >= 11 is 0. The lowest BCUT2D eigenvalue weighted by Crippen LogP contribution is -2.04. The minimum absolute atomic E-state index is 0.320. The van der Waals surface area contributed by atoms with E-state index >= 15 is 0 Å². The van der Waals surface area contributed by atoms with Crippen LogP contribution < -0.4 is 5.32 Å². The molecule has 3 aromatic rings. The van der Waals surface area contributed by atoms with Crippen LogP contribution in [0.3, 0.4) is 0 Å². The van der Waals surface area contributed by atoms with E-state index in [9.17, 15) is 4.39 Å². The van der Waals surface area contributed by atoms with Crippen LogP contribution in [-0.2, 0) is 6.54 Å². The molecule has 5 heteroatoms. The Kier molecular flexibility index (Phi) is 3.02. The second-order valence-corrected chi connectivity index (χ2v) is 4.03. The number of aromatic nitrogens is 3. The lowest BCUT2D eigenvalue weighted by molar-refractivity contribution is 0.636. The number of nitrogens with zero attached hydrogens (tertiary/aromatic N) is 3. The van der Waals surface area contributed by atoms with Crippen LogP contribution in [0.15, 0.2) is 48.9 Å². The third-order valence-corrected chi connectivity index (χ3v) is 2.78. The van der Waals surface area contributed by atoms with Crippen molar-refractivity contribution in [3.8, 4) is 0 Å². The standard InChI is InChI=1S/C14H11FN4/c15-12-6-3-5-11-13(12)18-9-19-14(11)17-8-10-4-1-2-7-16-10/h1-7,9H,8H2,(H,17,18,19). The second kappa shape index (κ2) is 4.97. The summed E-state index contributed by atoms with van der Waals surface area (Å²) in [4.78, 5) is 12.3. The number of benzene rings is 1. The van der Waals surface area contributed by atoms with Crippen LogP contribution in [-0.4, -0.2) is 15.0 Å². The van der Waals surface area contributed by atoms with Crippen LogP contribution in [0.5, 0.6) is 0 Å². The van der Waals surface area contributed by atoms with Crippen molar-refractivity contribution in [1.82, 2.24) is 15.0 Å². The molecule has 0 bridgehead atoms. The van der Waals surface area contributed by atoms with Gasteiger partial charge in [-0.05, 0) is 24.3 Å². The number of para-hydroxylation sites is 1. The molecule has 0 radical (unpaired) electrons. The summed E-state index contributed by atoms with van der Waals surface area (Å²) in [5.41, 5.74) is 1.21. The van der Waals surface area contributed by atoms with Gasteiger partial charge in [0, 0.05) is 11.6 Å². The molecule has 0 aliphatic rings. The summed E-state index contributed by atoms with van der Waals surface area (Å²) in [7, 11) is 0. The molecule has 94 valence electrons. The van der Waals surface area contributed by atoms with E-state index in [0.717, 1.165) is 5.69 Å². The number of pyridine rings is 1. The third-order valence-electron chi connectivity index (χ3n) is 2.78. The molecule has 1 N–H and O–H groups in total. The molecule has 2 aromatic heterocycles. The Bertz CT molecular complexity index is 700. The average molecular weight is 254 g/mol. The van der Waals surface area contributed by atoms with E-state index in [1.165, 1.54) is 12.4 Å². The molecule has 0 spiro atoms. The zero-order valence-corrected chi connectivity index (χ0v) is 10.0. The van der Waals surface area contributed by atoms with E-state index in [-0.39, 0.29) is 5.82 Å². The fourth-order valence-corrected chi connectivity index (χ4v) is 1.87. The second-order valence-electron chi connectivity index (χ2n) is 4.03. The van der Waals surface area contributed by atoms with E-state index in [0.29, 0.717) is 23.3 Å². The Balaban J connectivity index is 1.91. The number of halogens is 1. The predicted molar refractivity (Wildman–Crippen MR) is 71.1 cm³/mol. The molecule has 0 unspecified atom stereocenters. The van der Waals surface area contributed by atoms with Gasteiger partial charge >= 0.3 is 0 Å². The number of rotatable bonds is 3. The summed E-state index contributed by atoms with van der Waals surface area (Å²) in [6, 6.07) is 10.5. The molecule has 0 amide bonds. The number of fused-ring (bicyclic) bond motifs is 1. The van der Waals surface area contributed by atoms with Crippen LogP contribution in [0.1, 0.15) is 5.69 Å². The Hall–Kier alpha value is -2.56. The molecular weight excluding hydrogens is 243 g/mol. The summed E-state index contributed by atoms with van der Waals surface area (Å²) in [5, 5.41) is 3.82. The van der Waals surface area contributed by atoms with Gasteiger partial charge in [0.2, 0.25) is 0 Å². The lowest BCUT2D eigenvalue weighted by atomic mass is 10.2. The fraction of sp³-hybridized carbons (Fsp3) is 0.0714. The lowest BCUT2D eigenvalue weighted by Gasteiger charge is -2.07. The average Bonchev–Trinajstić information content (AvgIpc) is 2.47. The topological polar surface area (TPSA) is 50.7 Å². The minimum Gasteiger partial charge on any atom is -0.364 e. The van der Waals surface area contributed by atoms with Crippen molar-refractivity contribution >= 4 is 16.7 Å². The normalized spacial score (nSPS) is 10.6. The number of hydrogen-bond acceptors (Lipinski definition) is 4. The van der Waals surface area contributed by atoms with Crippen LogP contribution >= 0.6 is 0 Å². The molecule has 19 heavy (non-hydrogen) atoms. The summed E-state index contributed by atoms with van der Waals surface area (Å²) < 4.78 is 13.6. The summed E-state index contributed by atoms with van der Waals surface area (Å²) in [5.74, 6) is 0.260. The highest BCUT2D eigenvalue weighted by molar-refractivity contribution is 5.89. The van der Waals surface area contributed by atoms with Crippen LogP contribution in [0, 0.1) is 5.82 Å². The maximum atomic E-state index is 13.6. The number of nitrogens with one attached hydrogen (secondary N) is 1. The molecular formula is C14H11FN4. The predicted octanol–water partition coefficient (Wildman–Crippen LogP) is 2.78. The number of hydrogen-bond donors (Lipinski definition) is 1. The zero-order valence-electron chi connectivity index (χ0n) is 10.0. The van der Waals surface area contributed by atoms with Crippen molar-refractivity contribution in [1.29, 1.82) is 0 Å². The van der Waals surface area contributed by atoms with E-state index in [4.69, 9.17) is 0 Å². The molecule has 0 atom stereocenters. The third kappa shape index (κ3) is 2.35. The Morgan fingerprint density at radius 1 is 1.00 bits per heavy atom. The van der Waals surface area contributed by atoms with E-state index < -0.39 is 0 Å². The highest BCUT2D eigenvalue weighted by atomic mass is 19.1. The van der Waals surface area contributed by atoms with Crippen LogP contribution in [0.4, 0.5) is 10.2 Å². The Morgan fingerprint density at radius 3 is 2.79 bits per heavy atom. The van der Waals surface area contributed by atoms with Gasteiger partial charge in [0.15, 0.2) is 0 Å². The first-order valence-corrected chi connectivity index (χ1v) is 5.87. The van der Waals surface area contributed by atoms with Crippen LogP contribution in [0.25, 0.3) is 10.9 Å². The van der Waals surface area contributed by atoms with Crippen molar-refractivity contribution < 1.29 is 4.39 Å².